The Hall–Kier alpha value is -1.54. The number of nitrogens with zero attached hydrogens (tertiary/aromatic N) is 1. The van der Waals surface area contributed by atoms with Gasteiger partial charge in [0.05, 0.1) is 11.3 Å². The molecule has 4 rings (SSSR count). The zero-order valence-corrected chi connectivity index (χ0v) is 21.7. The quantitative estimate of drug-likeness (QED) is 0.294. The smallest absolute Gasteiger partial charge is 0.246 e. The van der Waals surface area contributed by atoms with Crippen molar-refractivity contribution >= 4 is 47.0 Å². The minimum Gasteiger partial charge on any atom is -0.343 e. The second-order valence-electron chi connectivity index (χ2n) is 9.12. The zero-order valence-electron chi connectivity index (χ0n) is 18.6. The molecule has 1 unspecified atom stereocenters. The Balaban J connectivity index is 1.69. The molecule has 6 heteroatoms. The molecule has 2 heterocycles. The van der Waals surface area contributed by atoms with Gasteiger partial charge in [0, 0.05) is 16.4 Å². The van der Waals surface area contributed by atoms with Crippen LogP contribution in [0.2, 0.25) is 0 Å². The average molecular weight is 563 g/mol. The van der Waals surface area contributed by atoms with Crippen LogP contribution < -0.4 is 5.32 Å². The van der Waals surface area contributed by atoms with Crippen LogP contribution in [0.3, 0.4) is 0 Å². The molecule has 2 aliphatic heterocycles. The molecule has 0 spiro atoms. The minimum absolute atomic E-state index is 0.0380. The number of alkyl halides is 1. The number of hydrogen-bond acceptors (Lipinski definition) is 3. The van der Waals surface area contributed by atoms with Crippen LogP contribution in [0, 0.1) is 0 Å². The number of amides is 2. The van der Waals surface area contributed by atoms with Gasteiger partial charge in [0.2, 0.25) is 11.8 Å². The van der Waals surface area contributed by atoms with Gasteiger partial charge in [-0.3, -0.25) is 9.59 Å². The number of halogens is 1. The Morgan fingerprint density at radius 3 is 2.66 bits per heavy atom. The number of rotatable bonds is 5. The van der Waals surface area contributed by atoms with E-state index in [1.807, 2.05) is 11.0 Å². The molecule has 1 N–H and O–H groups in total. The van der Waals surface area contributed by atoms with Gasteiger partial charge >= 0.3 is 0 Å². The summed E-state index contributed by atoms with van der Waals surface area (Å²) >= 11 is 6.80. The molecule has 32 heavy (non-hydrogen) atoms. The maximum Gasteiger partial charge on any atom is 0.246 e. The van der Waals surface area contributed by atoms with Gasteiger partial charge in [-0.2, -0.15) is 12.6 Å². The molecule has 1 fully saturated rings. The van der Waals surface area contributed by atoms with Gasteiger partial charge in [0.1, 0.15) is 6.04 Å². The normalized spacial score (nSPS) is 24.7. The summed E-state index contributed by atoms with van der Waals surface area (Å²) in [7, 11) is 0. The van der Waals surface area contributed by atoms with Crippen molar-refractivity contribution in [2.45, 2.75) is 73.3 Å². The van der Waals surface area contributed by atoms with Crippen LogP contribution in [-0.4, -0.2) is 38.0 Å². The Labute approximate surface area is 210 Å². The van der Waals surface area contributed by atoms with Crippen LogP contribution >= 0.6 is 35.2 Å². The molecule has 2 aromatic rings. The summed E-state index contributed by atoms with van der Waals surface area (Å²) < 4.78 is 0.342. The lowest BCUT2D eigenvalue weighted by atomic mass is 9.88. The number of carbonyl (C=O) groups is 2. The summed E-state index contributed by atoms with van der Waals surface area (Å²) in [6, 6.07) is 16.6. The third kappa shape index (κ3) is 5.01. The molecule has 0 radical (unpaired) electrons. The topological polar surface area (TPSA) is 49.4 Å². The highest BCUT2D eigenvalue weighted by Crippen LogP contribution is 2.40. The molecule has 0 saturated carbocycles. The Morgan fingerprint density at radius 2 is 1.94 bits per heavy atom. The number of nitrogens with one attached hydrogen (secondary N) is 1. The van der Waals surface area contributed by atoms with Crippen molar-refractivity contribution < 1.29 is 9.59 Å². The molecule has 5 atom stereocenters. The van der Waals surface area contributed by atoms with Crippen molar-refractivity contribution in [3.8, 4) is 11.1 Å². The van der Waals surface area contributed by atoms with Gasteiger partial charge in [-0.25, -0.2) is 0 Å². The van der Waals surface area contributed by atoms with Crippen LogP contribution in [0.1, 0.15) is 56.7 Å². The molecular weight excluding hydrogens is 531 g/mol. The second-order valence-corrected chi connectivity index (χ2v) is 11.9. The average Bonchev–Trinajstić information content (AvgIpc) is 2.89. The number of carbonyl (C=O) groups excluding carboxylic acids is 2. The molecule has 0 aromatic heterocycles. The summed E-state index contributed by atoms with van der Waals surface area (Å²) in [6.45, 7) is 4.20. The highest BCUT2D eigenvalue weighted by molar-refractivity contribution is 14.1. The Morgan fingerprint density at radius 1 is 1.19 bits per heavy atom. The van der Waals surface area contributed by atoms with Gasteiger partial charge in [0.15, 0.2) is 0 Å². The molecular formula is C26H31IN2O2S. The van der Waals surface area contributed by atoms with Crippen LogP contribution in [0.4, 0.5) is 0 Å². The summed E-state index contributed by atoms with van der Waals surface area (Å²) in [5.41, 5.74) is 4.73. The van der Waals surface area contributed by atoms with Crippen LogP contribution in [-0.2, 0) is 16.0 Å². The maximum absolute atomic E-state index is 13.7. The summed E-state index contributed by atoms with van der Waals surface area (Å²) in [5.74, 6) is -0.114. The zero-order chi connectivity index (χ0) is 22.8. The van der Waals surface area contributed by atoms with E-state index in [9.17, 15) is 9.59 Å². The monoisotopic (exact) mass is 562 g/mol. The number of piperidine rings is 1. The van der Waals surface area contributed by atoms with Gasteiger partial charge in [-0.15, -0.1) is 0 Å². The van der Waals surface area contributed by atoms with E-state index >= 15 is 0 Å². The van der Waals surface area contributed by atoms with Crippen LogP contribution in [0.15, 0.2) is 48.5 Å². The van der Waals surface area contributed by atoms with Crippen molar-refractivity contribution in [1.82, 2.24) is 10.2 Å². The van der Waals surface area contributed by atoms with Crippen molar-refractivity contribution in [2.24, 2.45) is 0 Å². The molecule has 4 nitrogen and oxygen atoms in total. The van der Waals surface area contributed by atoms with Crippen molar-refractivity contribution in [1.29, 1.82) is 0 Å². The van der Waals surface area contributed by atoms with Gasteiger partial charge in [0.25, 0.3) is 0 Å². The Kier molecular flexibility index (Phi) is 7.50. The molecule has 2 amide bonds. The number of fused-ring (bicyclic) bond motifs is 3. The van der Waals surface area contributed by atoms with E-state index in [0.717, 1.165) is 24.8 Å². The summed E-state index contributed by atoms with van der Waals surface area (Å²) in [5, 5.41) is 2.63. The summed E-state index contributed by atoms with van der Waals surface area (Å²) in [6.07, 6.45) is 4.26. The lowest BCUT2D eigenvalue weighted by Gasteiger charge is -2.41. The largest absolute Gasteiger partial charge is 0.343 e. The molecule has 170 valence electrons. The predicted molar refractivity (Wildman–Crippen MR) is 141 cm³/mol. The van der Waals surface area contributed by atoms with Crippen molar-refractivity contribution in [3.05, 3.63) is 59.7 Å². The first-order valence-corrected chi connectivity index (χ1v) is 13.2. The molecule has 2 aromatic carbocycles. The van der Waals surface area contributed by atoms with Gasteiger partial charge in [-0.05, 0) is 60.9 Å². The summed E-state index contributed by atoms with van der Waals surface area (Å²) in [4.78, 5) is 28.6. The fourth-order valence-electron chi connectivity index (χ4n) is 5.05. The van der Waals surface area contributed by atoms with Crippen molar-refractivity contribution in [2.75, 3.05) is 0 Å². The van der Waals surface area contributed by atoms with E-state index in [1.54, 1.807) is 0 Å². The third-order valence-corrected chi connectivity index (χ3v) is 7.62. The van der Waals surface area contributed by atoms with E-state index in [0.29, 0.717) is 16.8 Å². The molecule has 0 bridgehead atoms. The fraction of sp³-hybridized carbons (Fsp3) is 0.462. The fourth-order valence-corrected chi connectivity index (χ4v) is 6.35. The van der Waals surface area contributed by atoms with Gasteiger partial charge in [-0.1, -0.05) is 72.0 Å². The second kappa shape index (κ2) is 10.2. The highest BCUT2D eigenvalue weighted by atomic mass is 127. The third-order valence-electron chi connectivity index (χ3n) is 6.67. The maximum atomic E-state index is 13.7. The van der Waals surface area contributed by atoms with E-state index in [-0.39, 0.29) is 23.9 Å². The van der Waals surface area contributed by atoms with E-state index in [4.69, 9.17) is 0 Å². The molecule has 1 saturated heterocycles. The Bertz CT molecular complexity index is 981. The van der Waals surface area contributed by atoms with E-state index in [1.165, 1.54) is 16.7 Å². The number of thiol groups is 1. The van der Waals surface area contributed by atoms with Crippen LogP contribution in [0.5, 0.6) is 0 Å². The van der Waals surface area contributed by atoms with Gasteiger partial charge < -0.3 is 10.2 Å². The van der Waals surface area contributed by atoms with Crippen molar-refractivity contribution in [3.63, 3.8) is 0 Å². The lowest BCUT2D eigenvalue weighted by molar-refractivity contribution is -0.141. The standard InChI is InChI=1S/C26H31IN2O2S/c1-16(27)13-24(32)25(30)28-22-15-20-12-11-19(18-8-4-3-5-9-18)14-21(20)23-10-6-7-17(2)29(23)26(22)31/h3-5,8-9,11-12,14,16-17,22-24,32H,6-7,10,13,15H2,1-2H3,(H,28,30)/t16?,17-,22+,23-,24+/m1/s1. The van der Waals surface area contributed by atoms with Crippen LogP contribution in [0.25, 0.3) is 11.1 Å². The molecule has 2 aliphatic rings. The highest BCUT2D eigenvalue weighted by Gasteiger charge is 2.41. The number of hydrogen-bond donors (Lipinski definition) is 2. The first-order valence-electron chi connectivity index (χ1n) is 11.5. The molecule has 0 aliphatic carbocycles. The number of benzene rings is 2. The minimum atomic E-state index is -0.548. The van der Waals surface area contributed by atoms with E-state index in [2.05, 4.69) is 96.8 Å². The SMILES string of the molecule is CC(I)C[C@H](S)C(=O)N[C@H]1Cc2ccc(-c3ccccc3)cc2[C@H]2CCC[C@@H](C)N2C1=O. The first-order chi connectivity index (χ1) is 15.3. The van der Waals surface area contributed by atoms with E-state index < -0.39 is 11.3 Å². The lowest BCUT2D eigenvalue weighted by Crippen LogP contribution is -2.54. The first kappa shape index (κ1) is 23.6. The predicted octanol–water partition coefficient (Wildman–Crippen LogP) is 5.35.